The van der Waals surface area contributed by atoms with Crippen molar-refractivity contribution in [1.29, 1.82) is 0 Å². The summed E-state index contributed by atoms with van der Waals surface area (Å²) in [4.78, 5) is 16.3. The first-order chi connectivity index (χ1) is 15.6. The van der Waals surface area contributed by atoms with Crippen LogP contribution in [0.15, 0.2) is 73.1 Å². The molecule has 0 fully saturated rings. The monoisotopic (exact) mass is 438 g/mol. The van der Waals surface area contributed by atoms with Gasteiger partial charge in [-0.1, -0.05) is 6.07 Å². The van der Waals surface area contributed by atoms with E-state index in [1.807, 2.05) is 60.9 Å². The van der Waals surface area contributed by atoms with Crippen molar-refractivity contribution in [1.82, 2.24) is 19.9 Å². The lowest BCUT2D eigenvalue weighted by Crippen LogP contribution is -2.19. The molecule has 0 radical (unpaired) electrons. The largest absolute Gasteiger partial charge is 0.360 e. The van der Waals surface area contributed by atoms with Gasteiger partial charge in [0.05, 0.1) is 22.4 Å². The summed E-state index contributed by atoms with van der Waals surface area (Å²) in [5, 5.41) is 7.02. The quantitative estimate of drug-likeness (QED) is 0.257. The minimum atomic E-state index is 0.521. The van der Waals surface area contributed by atoms with E-state index in [4.69, 9.17) is 22.2 Å². The molecule has 5 aromatic rings. The number of H-pyrrole nitrogens is 2. The van der Waals surface area contributed by atoms with Crippen molar-refractivity contribution in [2.24, 2.45) is 0 Å². The molecule has 0 aliphatic heterocycles. The fourth-order valence-electron chi connectivity index (χ4n) is 3.58. The van der Waals surface area contributed by atoms with Crippen LogP contribution in [0.2, 0.25) is 0 Å². The fraction of sp³-hybridized carbons (Fsp3) is 0.0800. The van der Waals surface area contributed by atoms with Crippen LogP contribution in [0.5, 0.6) is 0 Å². The molecule has 5 rings (SSSR count). The lowest BCUT2D eigenvalue weighted by atomic mass is 10.1. The van der Waals surface area contributed by atoms with Gasteiger partial charge in [-0.2, -0.15) is 0 Å². The average Bonchev–Trinajstić information content (AvgIpc) is 3.50. The van der Waals surface area contributed by atoms with Gasteiger partial charge in [0.25, 0.3) is 0 Å². The number of aromatic amines is 2. The molecule has 0 saturated carbocycles. The van der Waals surface area contributed by atoms with E-state index in [9.17, 15) is 0 Å². The van der Waals surface area contributed by atoms with Gasteiger partial charge in [0.1, 0.15) is 11.4 Å². The van der Waals surface area contributed by atoms with E-state index in [-0.39, 0.29) is 0 Å². The van der Waals surface area contributed by atoms with Gasteiger partial charge in [-0.25, -0.2) is 9.97 Å². The number of thiocarbonyl (C=S) groups is 1. The van der Waals surface area contributed by atoms with E-state index >= 15 is 0 Å². The van der Waals surface area contributed by atoms with Crippen molar-refractivity contribution in [3.63, 3.8) is 0 Å². The molecular weight excluding hydrogens is 416 g/mol. The van der Waals surface area contributed by atoms with Gasteiger partial charge >= 0.3 is 0 Å². The highest BCUT2D eigenvalue weighted by molar-refractivity contribution is 7.80. The van der Waals surface area contributed by atoms with Gasteiger partial charge < -0.3 is 20.6 Å². The number of benzene rings is 2. The van der Waals surface area contributed by atoms with Crippen molar-refractivity contribution < 1.29 is 0 Å². The first-order valence-corrected chi connectivity index (χ1v) is 10.7. The molecule has 0 aliphatic carbocycles. The fourth-order valence-corrected chi connectivity index (χ4v) is 3.81. The second-order valence-electron chi connectivity index (χ2n) is 7.67. The molecule has 3 aromatic heterocycles. The third-order valence-electron chi connectivity index (χ3n) is 5.39. The Kier molecular flexibility index (Phi) is 5.17. The summed E-state index contributed by atoms with van der Waals surface area (Å²) in [7, 11) is 0. The van der Waals surface area contributed by atoms with Crippen molar-refractivity contribution in [3.8, 4) is 22.8 Å². The number of nitrogens with one attached hydrogen (secondary N) is 4. The third kappa shape index (κ3) is 3.98. The number of anilines is 2. The summed E-state index contributed by atoms with van der Waals surface area (Å²) in [5.41, 5.74) is 9.28. The lowest BCUT2D eigenvalue weighted by molar-refractivity contribution is 1.24. The maximum Gasteiger partial charge on any atom is 0.175 e. The molecular formula is C25H22N6S. The topological polar surface area (TPSA) is 81.4 Å². The summed E-state index contributed by atoms with van der Waals surface area (Å²) in [6.45, 7) is 4.18. The predicted octanol–water partition coefficient (Wildman–Crippen LogP) is 6.05. The number of nitrogens with zero attached hydrogens (tertiary/aromatic N) is 2. The Bertz CT molecular complexity index is 1400. The van der Waals surface area contributed by atoms with E-state index in [0.29, 0.717) is 5.11 Å². The smallest absolute Gasteiger partial charge is 0.175 e. The number of aryl methyl sites for hydroxylation is 2. The highest BCUT2D eigenvalue weighted by Gasteiger charge is 2.15. The van der Waals surface area contributed by atoms with Crippen LogP contribution in [0.4, 0.5) is 11.4 Å². The number of fused-ring (bicyclic) bond motifs is 1. The van der Waals surface area contributed by atoms with E-state index in [2.05, 4.69) is 46.6 Å². The number of aromatic nitrogens is 4. The van der Waals surface area contributed by atoms with Gasteiger partial charge in [-0.05, 0) is 91.8 Å². The van der Waals surface area contributed by atoms with Gasteiger partial charge in [-0.15, -0.1) is 0 Å². The second kappa shape index (κ2) is 8.28. The molecule has 7 heteroatoms. The minimum absolute atomic E-state index is 0.521. The van der Waals surface area contributed by atoms with Gasteiger partial charge in [-0.3, -0.25) is 0 Å². The number of rotatable bonds is 4. The molecule has 3 heterocycles. The molecule has 0 amide bonds. The summed E-state index contributed by atoms with van der Waals surface area (Å²) < 4.78 is 0. The van der Waals surface area contributed by atoms with Crippen molar-refractivity contribution in [2.75, 3.05) is 10.6 Å². The molecule has 0 spiro atoms. The van der Waals surface area contributed by atoms with Crippen molar-refractivity contribution >= 4 is 39.7 Å². The third-order valence-corrected chi connectivity index (χ3v) is 5.60. The SMILES string of the molecule is Cc1ccc(NC(=S)Nc2ccc3nc(-c4ccc[nH]4)c(-c4ccc[nH]4)nc3c2)cc1C. The highest BCUT2D eigenvalue weighted by atomic mass is 32.1. The van der Waals surface area contributed by atoms with Crippen molar-refractivity contribution in [2.45, 2.75) is 13.8 Å². The molecule has 158 valence electrons. The first-order valence-electron chi connectivity index (χ1n) is 10.3. The van der Waals surface area contributed by atoms with Crippen LogP contribution in [-0.4, -0.2) is 25.0 Å². The summed E-state index contributed by atoms with van der Waals surface area (Å²) >= 11 is 5.52. The number of hydrogen-bond acceptors (Lipinski definition) is 3. The molecule has 0 saturated heterocycles. The maximum absolute atomic E-state index is 5.52. The van der Waals surface area contributed by atoms with E-state index in [1.165, 1.54) is 11.1 Å². The van der Waals surface area contributed by atoms with Gasteiger partial charge in [0.2, 0.25) is 0 Å². The Hall–Kier alpha value is -3.97. The van der Waals surface area contributed by atoms with Crippen LogP contribution in [-0.2, 0) is 0 Å². The Morgan fingerprint density at radius 2 is 1.31 bits per heavy atom. The molecule has 0 unspecified atom stereocenters. The standard InChI is InChI=1S/C25H22N6S/c1-15-7-8-17(13-16(15)2)28-25(32)29-18-9-10-19-22(14-18)31-24(21-6-4-12-27-21)23(30-19)20-5-3-11-26-20/h3-14,26-27H,1-2H3,(H2,28,29,32). The highest BCUT2D eigenvalue weighted by Crippen LogP contribution is 2.30. The van der Waals surface area contributed by atoms with Crippen LogP contribution in [0.25, 0.3) is 33.8 Å². The van der Waals surface area contributed by atoms with E-state index in [0.717, 1.165) is 45.2 Å². The second-order valence-corrected chi connectivity index (χ2v) is 8.08. The van der Waals surface area contributed by atoms with E-state index < -0.39 is 0 Å². The van der Waals surface area contributed by atoms with Crippen LogP contribution >= 0.6 is 12.2 Å². The van der Waals surface area contributed by atoms with Crippen molar-refractivity contribution in [3.05, 3.63) is 84.2 Å². The van der Waals surface area contributed by atoms with Crippen LogP contribution in [0, 0.1) is 13.8 Å². The Morgan fingerprint density at radius 3 is 1.91 bits per heavy atom. The number of hydrogen-bond donors (Lipinski definition) is 4. The van der Waals surface area contributed by atoms with Crippen LogP contribution < -0.4 is 10.6 Å². The minimum Gasteiger partial charge on any atom is -0.360 e. The lowest BCUT2D eigenvalue weighted by Gasteiger charge is -2.13. The maximum atomic E-state index is 5.52. The molecule has 2 aromatic carbocycles. The Balaban J connectivity index is 1.46. The predicted molar refractivity (Wildman–Crippen MR) is 135 cm³/mol. The van der Waals surface area contributed by atoms with E-state index in [1.54, 1.807) is 0 Å². The molecule has 32 heavy (non-hydrogen) atoms. The van der Waals surface area contributed by atoms with Crippen LogP contribution in [0.1, 0.15) is 11.1 Å². The molecule has 0 aliphatic rings. The van der Waals surface area contributed by atoms with Crippen LogP contribution in [0.3, 0.4) is 0 Å². The zero-order valence-corrected chi connectivity index (χ0v) is 18.5. The zero-order valence-electron chi connectivity index (χ0n) is 17.7. The molecule has 4 N–H and O–H groups in total. The zero-order chi connectivity index (χ0) is 22.1. The summed E-state index contributed by atoms with van der Waals surface area (Å²) in [6, 6.07) is 19.9. The molecule has 6 nitrogen and oxygen atoms in total. The van der Waals surface area contributed by atoms with Gasteiger partial charge in [0.15, 0.2) is 5.11 Å². The molecule has 0 atom stereocenters. The molecule has 0 bridgehead atoms. The first kappa shape index (κ1) is 20.0. The van der Waals surface area contributed by atoms with Gasteiger partial charge in [0, 0.05) is 23.8 Å². The average molecular weight is 439 g/mol. The Morgan fingerprint density at radius 1 is 0.719 bits per heavy atom. The normalized spacial score (nSPS) is 10.9. The summed E-state index contributed by atoms with van der Waals surface area (Å²) in [5.74, 6) is 0. The Labute approximate surface area is 191 Å². The summed E-state index contributed by atoms with van der Waals surface area (Å²) in [6.07, 6.45) is 3.77.